The molecule has 0 spiro atoms. The van der Waals surface area contributed by atoms with E-state index in [1.54, 1.807) is 23.9 Å². The van der Waals surface area contributed by atoms with Gasteiger partial charge in [-0.2, -0.15) is 0 Å². The van der Waals surface area contributed by atoms with Crippen LogP contribution in [0.5, 0.6) is 11.5 Å². The van der Waals surface area contributed by atoms with E-state index in [1.807, 2.05) is 36.4 Å². The first kappa shape index (κ1) is 33.5. The molecule has 0 aliphatic heterocycles. The van der Waals surface area contributed by atoms with Gasteiger partial charge in [-0.3, -0.25) is 0 Å². The van der Waals surface area contributed by atoms with Crippen LogP contribution in [-0.4, -0.2) is 69.5 Å². The summed E-state index contributed by atoms with van der Waals surface area (Å²) < 4.78 is 34.9. The van der Waals surface area contributed by atoms with Crippen molar-refractivity contribution in [1.29, 1.82) is 0 Å². The molecule has 0 aliphatic rings. The Morgan fingerprint density at radius 1 is 0.721 bits per heavy atom. The van der Waals surface area contributed by atoms with Crippen molar-refractivity contribution in [3.63, 3.8) is 0 Å². The van der Waals surface area contributed by atoms with Gasteiger partial charge in [0.25, 0.3) is 0 Å². The molecule has 3 aromatic carbocycles. The van der Waals surface area contributed by atoms with Gasteiger partial charge in [-0.15, -0.1) is 24.9 Å². The van der Waals surface area contributed by atoms with Crippen molar-refractivity contribution >= 4 is 45.2 Å². The Bertz CT molecular complexity index is 1430. The highest BCUT2D eigenvalue weighted by Gasteiger charge is 2.22. The number of carbonyl (C=O) groups excluding carboxylic acids is 2. The summed E-state index contributed by atoms with van der Waals surface area (Å²) in [4.78, 5) is 25.1. The van der Waals surface area contributed by atoms with Gasteiger partial charge in [0, 0.05) is 38.6 Å². The molecule has 0 aliphatic carbocycles. The maximum absolute atomic E-state index is 12.0. The molecule has 0 aromatic heterocycles. The molecular formula is C34H38O8S. The van der Waals surface area contributed by atoms with E-state index in [2.05, 4.69) is 39.3 Å². The molecule has 0 saturated heterocycles. The van der Waals surface area contributed by atoms with E-state index in [4.69, 9.17) is 28.4 Å². The summed E-state index contributed by atoms with van der Waals surface area (Å²) in [5, 5.41) is 3.21. The van der Waals surface area contributed by atoms with Gasteiger partial charge in [-0.1, -0.05) is 56.5 Å². The molecule has 2 unspecified atom stereocenters. The molecular weight excluding hydrogens is 568 g/mol. The van der Waals surface area contributed by atoms with Crippen LogP contribution in [0.2, 0.25) is 0 Å². The Kier molecular flexibility index (Phi) is 13.8. The second kappa shape index (κ2) is 17.8. The molecule has 0 amide bonds. The molecule has 0 saturated carbocycles. The van der Waals surface area contributed by atoms with E-state index in [0.29, 0.717) is 24.7 Å². The van der Waals surface area contributed by atoms with Gasteiger partial charge >= 0.3 is 11.9 Å². The lowest BCUT2D eigenvalue weighted by atomic mass is 10.0. The number of benzene rings is 3. The highest BCUT2D eigenvalue weighted by atomic mass is 32.2. The third kappa shape index (κ3) is 9.74. The SMILES string of the molecule is C=CCOCC(COc1c2ccccc2c(OCC(COCC=C)OC(=O)C=C)c2cc(SCC)ccc12)OC(=O)C=C. The van der Waals surface area contributed by atoms with Crippen LogP contribution in [0, 0.1) is 0 Å². The topological polar surface area (TPSA) is 89.5 Å². The van der Waals surface area contributed by atoms with Gasteiger partial charge in [0.15, 0.2) is 12.2 Å². The molecule has 3 aromatic rings. The standard InChI is InChI=1S/C34H38O8S/c1-6-17-37-20-24(41-31(35)8-3)22-39-33-27-13-11-12-14-28(27)34(30-19-26(43-10-5)15-16-29(30)33)40-23-25(21-38-18-7-2)42-32(36)9-4/h6-9,11-16,19,24-25H,1-4,10,17-18,20-23H2,5H3. The fourth-order valence-electron chi connectivity index (χ4n) is 4.22. The maximum Gasteiger partial charge on any atom is 0.330 e. The Labute approximate surface area is 256 Å². The summed E-state index contributed by atoms with van der Waals surface area (Å²) in [5.74, 6) is 0.973. The van der Waals surface area contributed by atoms with Gasteiger partial charge in [-0.05, 0) is 24.0 Å². The van der Waals surface area contributed by atoms with E-state index in [9.17, 15) is 9.59 Å². The monoisotopic (exact) mass is 606 g/mol. The smallest absolute Gasteiger partial charge is 0.330 e. The zero-order valence-corrected chi connectivity index (χ0v) is 25.3. The van der Waals surface area contributed by atoms with Crippen LogP contribution < -0.4 is 9.47 Å². The van der Waals surface area contributed by atoms with E-state index < -0.39 is 24.1 Å². The molecule has 0 fully saturated rings. The first-order valence-electron chi connectivity index (χ1n) is 13.9. The zero-order chi connectivity index (χ0) is 31.0. The van der Waals surface area contributed by atoms with Crippen molar-refractivity contribution in [2.24, 2.45) is 0 Å². The molecule has 3 rings (SSSR count). The number of fused-ring (bicyclic) bond motifs is 2. The van der Waals surface area contributed by atoms with Crippen LogP contribution in [0.1, 0.15) is 6.92 Å². The van der Waals surface area contributed by atoms with Gasteiger partial charge in [-0.25, -0.2) is 9.59 Å². The number of hydrogen-bond acceptors (Lipinski definition) is 9. The number of rotatable bonds is 20. The summed E-state index contributed by atoms with van der Waals surface area (Å²) >= 11 is 1.70. The highest BCUT2D eigenvalue weighted by molar-refractivity contribution is 7.99. The quantitative estimate of drug-likeness (QED) is 0.0359. The van der Waals surface area contributed by atoms with Crippen molar-refractivity contribution in [2.75, 3.05) is 45.4 Å². The van der Waals surface area contributed by atoms with Crippen molar-refractivity contribution < 1.29 is 38.0 Å². The van der Waals surface area contributed by atoms with Crippen LogP contribution in [0.3, 0.4) is 0 Å². The number of thioether (sulfide) groups is 1. The first-order valence-corrected chi connectivity index (χ1v) is 14.8. The van der Waals surface area contributed by atoms with Gasteiger partial charge in [0.05, 0.1) is 26.4 Å². The third-order valence-electron chi connectivity index (χ3n) is 6.01. The van der Waals surface area contributed by atoms with E-state index in [1.165, 1.54) is 0 Å². The molecule has 0 N–H and O–H groups in total. The van der Waals surface area contributed by atoms with Crippen LogP contribution in [-0.2, 0) is 28.5 Å². The fraction of sp³-hybridized carbons (Fsp3) is 0.294. The summed E-state index contributed by atoms with van der Waals surface area (Å²) in [7, 11) is 0. The fourth-order valence-corrected chi connectivity index (χ4v) is 4.92. The minimum absolute atomic E-state index is 0.0430. The summed E-state index contributed by atoms with van der Waals surface area (Å²) in [6, 6.07) is 13.8. The maximum atomic E-state index is 12.0. The van der Waals surface area contributed by atoms with Crippen molar-refractivity contribution in [3.05, 3.63) is 93.1 Å². The van der Waals surface area contributed by atoms with Gasteiger partial charge in [0.2, 0.25) is 0 Å². The molecule has 43 heavy (non-hydrogen) atoms. The van der Waals surface area contributed by atoms with Gasteiger partial charge in [0.1, 0.15) is 24.7 Å². The van der Waals surface area contributed by atoms with E-state index in [-0.39, 0.29) is 26.4 Å². The normalized spacial score (nSPS) is 12.2. The Morgan fingerprint density at radius 2 is 1.21 bits per heavy atom. The van der Waals surface area contributed by atoms with Crippen molar-refractivity contribution in [2.45, 2.75) is 24.0 Å². The number of ether oxygens (including phenoxy) is 6. The lowest BCUT2D eigenvalue weighted by Gasteiger charge is -2.23. The predicted molar refractivity (Wildman–Crippen MR) is 171 cm³/mol. The average molecular weight is 607 g/mol. The first-order chi connectivity index (χ1) is 20.9. The number of hydrogen-bond donors (Lipinski definition) is 0. The summed E-state index contributed by atoms with van der Waals surface area (Å²) in [6.45, 7) is 17.3. The van der Waals surface area contributed by atoms with Crippen LogP contribution in [0.15, 0.2) is 98.0 Å². The van der Waals surface area contributed by atoms with Crippen LogP contribution >= 0.6 is 11.8 Å². The van der Waals surface area contributed by atoms with Gasteiger partial charge < -0.3 is 28.4 Å². The molecule has 9 heteroatoms. The molecule has 2 atom stereocenters. The summed E-state index contributed by atoms with van der Waals surface area (Å²) in [5.41, 5.74) is 0. The molecule has 0 bridgehead atoms. The predicted octanol–water partition coefficient (Wildman–Crippen LogP) is 6.46. The average Bonchev–Trinajstić information content (AvgIpc) is 3.02. The minimum Gasteiger partial charge on any atom is -0.488 e. The molecule has 228 valence electrons. The Hall–Kier alpha value is -4.05. The molecule has 0 radical (unpaired) electrons. The highest BCUT2D eigenvalue weighted by Crippen LogP contribution is 2.44. The minimum atomic E-state index is -0.681. The number of carbonyl (C=O) groups is 2. The van der Waals surface area contributed by atoms with Crippen molar-refractivity contribution in [3.8, 4) is 11.5 Å². The Morgan fingerprint density at radius 3 is 1.67 bits per heavy atom. The second-order valence-electron chi connectivity index (χ2n) is 9.14. The zero-order valence-electron chi connectivity index (χ0n) is 24.5. The van der Waals surface area contributed by atoms with Crippen LogP contribution in [0.25, 0.3) is 21.5 Å². The lowest BCUT2D eigenvalue weighted by Crippen LogP contribution is -2.29. The van der Waals surface area contributed by atoms with Crippen molar-refractivity contribution in [1.82, 2.24) is 0 Å². The molecule has 0 heterocycles. The second-order valence-corrected chi connectivity index (χ2v) is 10.5. The van der Waals surface area contributed by atoms with E-state index in [0.717, 1.165) is 44.3 Å². The van der Waals surface area contributed by atoms with E-state index >= 15 is 0 Å². The largest absolute Gasteiger partial charge is 0.488 e. The summed E-state index contributed by atoms with van der Waals surface area (Å²) in [6.07, 6.45) is 4.09. The third-order valence-corrected chi connectivity index (χ3v) is 6.89. The Balaban J connectivity index is 2.05. The lowest BCUT2D eigenvalue weighted by molar-refractivity contribution is -0.148. The van der Waals surface area contributed by atoms with Crippen LogP contribution in [0.4, 0.5) is 0 Å². The molecule has 8 nitrogen and oxygen atoms in total. The number of esters is 2.